The number of carbonyl (C=O) groups excluding carboxylic acids is 1. The van der Waals surface area contributed by atoms with Gasteiger partial charge in [0.25, 0.3) is 0 Å². The summed E-state index contributed by atoms with van der Waals surface area (Å²) in [4.78, 5) is 24.3. The summed E-state index contributed by atoms with van der Waals surface area (Å²) in [5, 5.41) is 8.51. The van der Waals surface area contributed by atoms with Crippen LogP contribution in [0.15, 0.2) is 0 Å². The van der Waals surface area contributed by atoms with Gasteiger partial charge in [-0.3, -0.25) is 9.59 Å². The Balaban J connectivity index is 2.29. The fourth-order valence-electron chi connectivity index (χ4n) is 2.49. The fourth-order valence-corrected chi connectivity index (χ4v) is 2.49. The highest BCUT2D eigenvalue weighted by atomic mass is 16.4. The van der Waals surface area contributed by atoms with Crippen LogP contribution in [0.4, 0.5) is 0 Å². The van der Waals surface area contributed by atoms with Crippen LogP contribution in [0, 0.1) is 5.92 Å². The van der Waals surface area contributed by atoms with Gasteiger partial charge in [0.1, 0.15) is 0 Å². The number of amides is 1. The van der Waals surface area contributed by atoms with Gasteiger partial charge in [0.2, 0.25) is 5.91 Å². The molecule has 0 spiro atoms. The van der Waals surface area contributed by atoms with Crippen LogP contribution >= 0.6 is 0 Å². The molecule has 1 heterocycles. The van der Waals surface area contributed by atoms with Gasteiger partial charge < -0.3 is 10.0 Å². The second kappa shape index (κ2) is 6.62. The molecule has 1 saturated heterocycles. The summed E-state index contributed by atoms with van der Waals surface area (Å²) in [6, 6.07) is 0.391. The first-order chi connectivity index (χ1) is 8.02. The maximum atomic E-state index is 12.0. The highest BCUT2D eigenvalue weighted by Crippen LogP contribution is 2.24. The number of aliphatic carboxylic acids is 1. The third kappa shape index (κ3) is 4.36. The molecule has 1 N–H and O–H groups in total. The van der Waals surface area contributed by atoms with Gasteiger partial charge >= 0.3 is 5.97 Å². The lowest BCUT2D eigenvalue weighted by atomic mass is 10.0. The second-order valence-electron chi connectivity index (χ2n) is 5.14. The predicted molar refractivity (Wildman–Crippen MR) is 65.7 cm³/mol. The number of carboxylic acids is 1. The van der Waals surface area contributed by atoms with E-state index in [0.29, 0.717) is 31.2 Å². The van der Waals surface area contributed by atoms with E-state index in [9.17, 15) is 9.59 Å². The van der Waals surface area contributed by atoms with Crippen molar-refractivity contribution in [1.29, 1.82) is 0 Å². The Morgan fingerprint density at radius 1 is 1.29 bits per heavy atom. The van der Waals surface area contributed by atoms with Crippen LogP contribution in [-0.2, 0) is 9.59 Å². The van der Waals surface area contributed by atoms with Crippen molar-refractivity contribution in [1.82, 2.24) is 4.90 Å². The smallest absolute Gasteiger partial charge is 0.303 e. The zero-order valence-electron chi connectivity index (χ0n) is 10.8. The Bertz CT molecular complexity index is 276. The molecule has 1 amide bonds. The van der Waals surface area contributed by atoms with Crippen LogP contribution in [0.3, 0.4) is 0 Å². The van der Waals surface area contributed by atoms with Crippen LogP contribution in [0.2, 0.25) is 0 Å². The van der Waals surface area contributed by atoms with Gasteiger partial charge in [0.05, 0.1) is 0 Å². The molecule has 0 aromatic carbocycles. The van der Waals surface area contributed by atoms with Crippen molar-refractivity contribution in [2.75, 3.05) is 6.54 Å². The number of rotatable bonds is 6. The van der Waals surface area contributed by atoms with Crippen LogP contribution in [0.5, 0.6) is 0 Å². The van der Waals surface area contributed by atoms with Crippen molar-refractivity contribution < 1.29 is 14.7 Å². The molecule has 1 fully saturated rings. The van der Waals surface area contributed by atoms with E-state index in [2.05, 4.69) is 13.8 Å². The Morgan fingerprint density at radius 2 is 1.94 bits per heavy atom. The SMILES string of the molecule is CC(C)C1CCCN1C(=O)CCCCC(=O)O. The molecule has 1 unspecified atom stereocenters. The molecule has 0 bridgehead atoms. The van der Waals surface area contributed by atoms with E-state index in [0.717, 1.165) is 19.4 Å². The zero-order valence-corrected chi connectivity index (χ0v) is 10.8. The lowest BCUT2D eigenvalue weighted by molar-refractivity contribution is -0.137. The minimum atomic E-state index is -0.779. The quantitative estimate of drug-likeness (QED) is 0.726. The molecule has 4 heteroatoms. The van der Waals surface area contributed by atoms with Crippen LogP contribution in [0.25, 0.3) is 0 Å². The molecule has 98 valence electrons. The number of unbranched alkanes of at least 4 members (excludes halogenated alkanes) is 1. The summed E-state index contributed by atoms with van der Waals surface area (Å²) < 4.78 is 0. The molecule has 0 saturated carbocycles. The molecule has 0 aromatic heterocycles. The average Bonchev–Trinajstić information content (AvgIpc) is 2.72. The monoisotopic (exact) mass is 241 g/mol. The highest BCUT2D eigenvalue weighted by molar-refractivity contribution is 5.77. The molecule has 1 rings (SSSR count). The minimum Gasteiger partial charge on any atom is -0.481 e. The van der Waals surface area contributed by atoms with Gasteiger partial charge in [-0.05, 0) is 31.6 Å². The summed E-state index contributed by atoms with van der Waals surface area (Å²) in [6.07, 6.45) is 4.16. The Hall–Kier alpha value is -1.06. The molecule has 0 aliphatic carbocycles. The summed E-state index contributed by atoms with van der Waals surface area (Å²) in [6.45, 7) is 5.18. The minimum absolute atomic E-state index is 0.168. The van der Waals surface area contributed by atoms with Gasteiger partial charge in [0, 0.05) is 25.4 Å². The Labute approximate surface area is 103 Å². The van der Waals surface area contributed by atoms with Crippen molar-refractivity contribution in [3.63, 3.8) is 0 Å². The lowest BCUT2D eigenvalue weighted by Crippen LogP contribution is -2.38. The maximum absolute atomic E-state index is 12.0. The predicted octanol–water partition coefficient (Wildman–Crippen LogP) is 2.28. The largest absolute Gasteiger partial charge is 0.481 e. The molecular weight excluding hydrogens is 218 g/mol. The third-order valence-electron chi connectivity index (χ3n) is 3.42. The second-order valence-corrected chi connectivity index (χ2v) is 5.14. The molecule has 4 nitrogen and oxygen atoms in total. The van der Waals surface area contributed by atoms with E-state index in [1.165, 1.54) is 0 Å². The Morgan fingerprint density at radius 3 is 2.53 bits per heavy atom. The lowest BCUT2D eigenvalue weighted by Gasteiger charge is -2.27. The van der Waals surface area contributed by atoms with Gasteiger partial charge in [-0.15, -0.1) is 0 Å². The van der Waals surface area contributed by atoms with Crippen LogP contribution in [0.1, 0.15) is 52.4 Å². The fraction of sp³-hybridized carbons (Fsp3) is 0.846. The topological polar surface area (TPSA) is 57.6 Å². The number of likely N-dealkylation sites (tertiary alicyclic amines) is 1. The Kier molecular flexibility index (Phi) is 5.45. The molecule has 1 aliphatic rings. The standard InChI is InChI=1S/C13H23NO3/c1-10(2)11-6-5-9-14(11)12(15)7-3-4-8-13(16)17/h10-11H,3-9H2,1-2H3,(H,16,17). The molecule has 1 aliphatic heterocycles. The highest BCUT2D eigenvalue weighted by Gasteiger charge is 2.30. The van der Waals surface area contributed by atoms with Gasteiger partial charge in [-0.2, -0.15) is 0 Å². The number of carboxylic acid groups (broad SMARTS) is 1. The van der Waals surface area contributed by atoms with Crippen molar-refractivity contribution in [3.05, 3.63) is 0 Å². The van der Waals surface area contributed by atoms with E-state index >= 15 is 0 Å². The van der Waals surface area contributed by atoms with Gasteiger partial charge in [-0.1, -0.05) is 13.8 Å². The van der Waals surface area contributed by atoms with Crippen molar-refractivity contribution in [2.24, 2.45) is 5.92 Å². The van der Waals surface area contributed by atoms with E-state index < -0.39 is 5.97 Å². The molecule has 0 aromatic rings. The van der Waals surface area contributed by atoms with E-state index in [1.807, 2.05) is 4.90 Å². The molecule has 1 atom stereocenters. The average molecular weight is 241 g/mol. The first kappa shape index (κ1) is 14.0. The van der Waals surface area contributed by atoms with Crippen molar-refractivity contribution >= 4 is 11.9 Å². The number of hydrogen-bond acceptors (Lipinski definition) is 2. The summed E-state index contributed by atoms with van der Waals surface area (Å²) in [5.74, 6) is -0.0641. The van der Waals surface area contributed by atoms with E-state index in [1.54, 1.807) is 0 Å². The number of carbonyl (C=O) groups is 2. The van der Waals surface area contributed by atoms with Gasteiger partial charge in [-0.25, -0.2) is 0 Å². The zero-order chi connectivity index (χ0) is 12.8. The molecular formula is C13H23NO3. The normalized spacial score (nSPS) is 19.9. The molecule has 17 heavy (non-hydrogen) atoms. The summed E-state index contributed by atoms with van der Waals surface area (Å²) >= 11 is 0. The van der Waals surface area contributed by atoms with Crippen LogP contribution < -0.4 is 0 Å². The number of nitrogens with zero attached hydrogens (tertiary/aromatic N) is 1. The summed E-state index contributed by atoms with van der Waals surface area (Å²) in [5.41, 5.74) is 0. The molecule has 0 radical (unpaired) electrons. The van der Waals surface area contributed by atoms with Gasteiger partial charge in [0.15, 0.2) is 0 Å². The first-order valence-corrected chi connectivity index (χ1v) is 6.53. The van der Waals surface area contributed by atoms with Crippen LogP contribution in [-0.4, -0.2) is 34.5 Å². The van der Waals surface area contributed by atoms with Crippen molar-refractivity contribution in [2.45, 2.75) is 58.4 Å². The van der Waals surface area contributed by atoms with E-state index in [-0.39, 0.29) is 12.3 Å². The third-order valence-corrected chi connectivity index (χ3v) is 3.42. The van der Waals surface area contributed by atoms with Crippen molar-refractivity contribution in [3.8, 4) is 0 Å². The maximum Gasteiger partial charge on any atom is 0.303 e. The van der Waals surface area contributed by atoms with E-state index in [4.69, 9.17) is 5.11 Å². The number of hydrogen-bond donors (Lipinski definition) is 1. The first-order valence-electron chi connectivity index (χ1n) is 6.53. The summed E-state index contributed by atoms with van der Waals surface area (Å²) in [7, 11) is 0.